The molecule has 110 valence electrons. The van der Waals surface area contributed by atoms with Crippen LogP contribution in [0, 0.1) is 0 Å². The van der Waals surface area contributed by atoms with Crippen LogP contribution in [0.5, 0.6) is 0 Å². The molecule has 0 bridgehead atoms. The molecule has 1 aliphatic rings. The topological polar surface area (TPSA) is 53.2 Å². The summed E-state index contributed by atoms with van der Waals surface area (Å²) in [6, 6.07) is 7.72. The van der Waals surface area contributed by atoms with Crippen LogP contribution in [0.3, 0.4) is 0 Å². The average molecular weight is 296 g/mol. The Morgan fingerprint density at radius 2 is 2.35 bits per heavy atom. The smallest absolute Gasteiger partial charge is 0.233 e. The van der Waals surface area contributed by atoms with Crippen LogP contribution in [0.1, 0.15) is 18.9 Å². The normalized spacial score (nSPS) is 21.9. The molecule has 3 N–H and O–H groups in total. The molecule has 4 nitrogen and oxygen atoms in total. The number of hydrogen-bond donors (Lipinski definition) is 3. The molecule has 1 atom stereocenters. The molecule has 1 unspecified atom stereocenters. The van der Waals surface area contributed by atoms with Crippen molar-refractivity contribution in [1.29, 1.82) is 0 Å². The van der Waals surface area contributed by atoms with E-state index in [2.05, 4.69) is 22.9 Å². The number of amides is 1. The number of carbonyl (C=O) groups excluding carboxylic acids is 1. The highest BCUT2D eigenvalue weighted by Crippen LogP contribution is 2.12. The van der Waals surface area contributed by atoms with Gasteiger partial charge in [0, 0.05) is 23.7 Å². The second kappa shape index (κ2) is 7.07. The van der Waals surface area contributed by atoms with E-state index in [-0.39, 0.29) is 11.4 Å². The maximum Gasteiger partial charge on any atom is 0.233 e. The fourth-order valence-electron chi connectivity index (χ4n) is 2.36. The van der Waals surface area contributed by atoms with Gasteiger partial charge in [0.15, 0.2) is 0 Å². The Kier molecular flexibility index (Phi) is 5.40. The van der Waals surface area contributed by atoms with Crippen molar-refractivity contribution in [2.45, 2.75) is 25.3 Å². The van der Waals surface area contributed by atoms with E-state index in [4.69, 9.17) is 11.6 Å². The van der Waals surface area contributed by atoms with Gasteiger partial charge in [-0.3, -0.25) is 4.79 Å². The molecule has 1 amide bonds. The summed E-state index contributed by atoms with van der Waals surface area (Å²) in [6.45, 7) is 5.08. The molecular formula is C15H22ClN3O. The van der Waals surface area contributed by atoms with Crippen molar-refractivity contribution in [3.8, 4) is 0 Å². The molecule has 1 aliphatic heterocycles. The molecule has 5 heteroatoms. The van der Waals surface area contributed by atoms with E-state index in [0.717, 1.165) is 36.5 Å². The summed E-state index contributed by atoms with van der Waals surface area (Å²) in [4.78, 5) is 11.8. The van der Waals surface area contributed by atoms with Gasteiger partial charge in [-0.15, -0.1) is 0 Å². The Hall–Kier alpha value is -1.10. The van der Waals surface area contributed by atoms with Gasteiger partial charge in [0.2, 0.25) is 5.91 Å². The summed E-state index contributed by atoms with van der Waals surface area (Å²) >= 11 is 5.92. The van der Waals surface area contributed by atoms with E-state index in [1.54, 1.807) is 0 Å². The zero-order valence-electron chi connectivity index (χ0n) is 11.8. The number of carbonyl (C=O) groups is 1. The third-order valence-corrected chi connectivity index (χ3v) is 3.90. The minimum atomic E-state index is 0.0418. The second-order valence-electron chi connectivity index (χ2n) is 5.57. The van der Waals surface area contributed by atoms with Crippen LogP contribution in [-0.4, -0.2) is 37.6 Å². The molecule has 0 aliphatic carbocycles. The molecule has 1 heterocycles. The predicted molar refractivity (Wildman–Crippen MR) is 82.1 cm³/mol. The summed E-state index contributed by atoms with van der Waals surface area (Å²) in [6.07, 6.45) is 1.86. The van der Waals surface area contributed by atoms with Gasteiger partial charge in [0.25, 0.3) is 0 Å². The van der Waals surface area contributed by atoms with E-state index in [9.17, 15) is 4.79 Å². The fraction of sp³-hybridized carbons (Fsp3) is 0.533. The molecule has 0 spiro atoms. The summed E-state index contributed by atoms with van der Waals surface area (Å²) in [5.74, 6) is 0.0418. The lowest BCUT2D eigenvalue weighted by atomic mass is 10.0. The van der Waals surface area contributed by atoms with Gasteiger partial charge in [0.1, 0.15) is 0 Å². The third-order valence-electron chi connectivity index (χ3n) is 3.67. The molecule has 1 fully saturated rings. The van der Waals surface area contributed by atoms with Gasteiger partial charge < -0.3 is 16.0 Å². The highest BCUT2D eigenvalue weighted by Gasteiger charge is 2.27. The van der Waals surface area contributed by atoms with Crippen LogP contribution in [0.4, 0.5) is 0 Å². The van der Waals surface area contributed by atoms with Crippen LogP contribution in [0.25, 0.3) is 0 Å². The Balaban J connectivity index is 1.65. The van der Waals surface area contributed by atoms with Gasteiger partial charge >= 0.3 is 0 Å². The molecule has 1 saturated heterocycles. The van der Waals surface area contributed by atoms with E-state index < -0.39 is 0 Å². The largest absolute Gasteiger partial charge is 0.355 e. The van der Waals surface area contributed by atoms with Crippen LogP contribution < -0.4 is 16.0 Å². The minimum Gasteiger partial charge on any atom is -0.355 e. The number of benzene rings is 1. The number of halogens is 1. The molecular weight excluding hydrogens is 274 g/mol. The minimum absolute atomic E-state index is 0.0418. The van der Waals surface area contributed by atoms with Crippen molar-refractivity contribution in [3.05, 3.63) is 34.9 Å². The van der Waals surface area contributed by atoms with Gasteiger partial charge in [-0.25, -0.2) is 0 Å². The molecule has 20 heavy (non-hydrogen) atoms. The highest BCUT2D eigenvalue weighted by atomic mass is 35.5. The number of rotatable bonds is 6. The van der Waals surface area contributed by atoms with Crippen molar-refractivity contribution in [1.82, 2.24) is 16.0 Å². The lowest BCUT2D eigenvalue weighted by Crippen LogP contribution is -2.48. The standard InChI is InChI=1S/C15H22ClN3O/c1-15(6-8-17-11-15)19-10-14(20)18-7-5-12-3-2-4-13(16)9-12/h2-4,9,17,19H,5-8,10-11H2,1H3,(H,18,20). The maximum atomic E-state index is 11.8. The number of nitrogens with one attached hydrogen (secondary N) is 3. The monoisotopic (exact) mass is 295 g/mol. The van der Waals surface area contributed by atoms with Crippen LogP contribution in [0.15, 0.2) is 24.3 Å². The van der Waals surface area contributed by atoms with Crippen molar-refractivity contribution in [2.75, 3.05) is 26.2 Å². The number of hydrogen-bond acceptors (Lipinski definition) is 3. The summed E-state index contributed by atoms with van der Waals surface area (Å²) in [5.41, 5.74) is 1.18. The molecule has 0 saturated carbocycles. The molecule has 0 radical (unpaired) electrons. The van der Waals surface area contributed by atoms with Crippen molar-refractivity contribution >= 4 is 17.5 Å². The first-order valence-corrected chi connectivity index (χ1v) is 7.42. The van der Waals surface area contributed by atoms with Crippen molar-refractivity contribution < 1.29 is 4.79 Å². The first kappa shape index (κ1) is 15.3. The molecule has 2 rings (SSSR count). The summed E-state index contributed by atoms with van der Waals surface area (Å²) in [7, 11) is 0. The second-order valence-corrected chi connectivity index (χ2v) is 6.01. The Bertz CT molecular complexity index is 458. The van der Waals surface area contributed by atoms with Gasteiger partial charge in [0.05, 0.1) is 6.54 Å². The van der Waals surface area contributed by atoms with E-state index in [0.29, 0.717) is 13.1 Å². The van der Waals surface area contributed by atoms with Gasteiger partial charge in [-0.1, -0.05) is 23.7 Å². The SMILES string of the molecule is CC1(NCC(=O)NCCc2cccc(Cl)c2)CCNC1. The average Bonchev–Trinajstić information content (AvgIpc) is 2.84. The lowest BCUT2D eigenvalue weighted by Gasteiger charge is -2.24. The molecule has 1 aromatic rings. The maximum absolute atomic E-state index is 11.8. The van der Waals surface area contributed by atoms with Crippen molar-refractivity contribution in [3.63, 3.8) is 0 Å². The Morgan fingerprint density at radius 3 is 3.05 bits per heavy atom. The fourth-order valence-corrected chi connectivity index (χ4v) is 2.58. The van der Waals surface area contributed by atoms with E-state index in [1.165, 1.54) is 0 Å². The third kappa shape index (κ3) is 4.78. The Labute approximate surface area is 125 Å². The van der Waals surface area contributed by atoms with Crippen LogP contribution >= 0.6 is 11.6 Å². The predicted octanol–water partition coefficient (Wildman–Crippen LogP) is 1.34. The molecule has 1 aromatic carbocycles. The van der Waals surface area contributed by atoms with Crippen LogP contribution in [0.2, 0.25) is 5.02 Å². The highest BCUT2D eigenvalue weighted by molar-refractivity contribution is 6.30. The summed E-state index contributed by atoms with van der Waals surface area (Å²) < 4.78 is 0. The van der Waals surface area contributed by atoms with Crippen LogP contribution in [-0.2, 0) is 11.2 Å². The first-order chi connectivity index (χ1) is 9.57. The van der Waals surface area contributed by atoms with E-state index >= 15 is 0 Å². The summed E-state index contributed by atoms with van der Waals surface area (Å²) in [5, 5.41) is 10.3. The quantitative estimate of drug-likeness (QED) is 0.742. The van der Waals surface area contributed by atoms with Gasteiger partial charge in [-0.2, -0.15) is 0 Å². The van der Waals surface area contributed by atoms with Crippen molar-refractivity contribution in [2.24, 2.45) is 0 Å². The van der Waals surface area contributed by atoms with Gasteiger partial charge in [-0.05, 0) is 44.0 Å². The zero-order chi connectivity index (χ0) is 14.4. The lowest BCUT2D eigenvalue weighted by molar-refractivity contribution is -0.120. The van der Waals surface area contributed by atoms with E-state index in [1.807, 2.05) is 24.3 Å². The Morgan fingerprint density at radius 1 is 1.50 bits per heavy atom. The molecule has 0 aromatic heterocycles. The first-order valence-electron chi connectivity index (χ1n) is 7.04. The zero-order valence-corrected chi connectivity index (χ0v) is 12.6.